The summed E-state index contributed by atoms with van der Waals surface area (Å²) in [7, 11) is 0. The van der Waals surface area contributed by atoms with Gasteiger partial charge in [-0.15, -0.1) is 0 Å². The number of carbonyl (C=O) groups excluding carboxylic acids is 3. The highest BCUT2D eigenvalue weighted by atomic mass is 16.2. The summed E-state index contributed by atoms with van der Waals surface area (Å²) in [6, 6.07) is 5.00. The third-order valence-corrected chi connectivity index (χ3v) is 1.77. The van der Waals surface area contributed by atoms with Crippen LogP contribution in [0, 0.1) is 6.92 Å². The molecular weight excluding hydrogens is 196 g/mol. The van der Waals surface area contributed by atoms with E-state index in [2.05, 4.69) is 4.98 Å². The molecule has 0 atom stereocenters. The van der Waals surface area contributed by atoms with E-state index < -0.39 is 0 Å². The Morgan fingerprint density at radius 2 is 2.07 bits per heavy atom. The number of hydrogen-bond acceptors (Lipinski definition) is 4. The van der Waals surface area contributed by atoms with Gasteiger partial charge in [-0.25, -0.2) is 4.98 Å². The Morgan fingerprint density at radius 1 is 1.40 bits per heavy atom. The molecule has 0 aliphatic rings. The van der Waals surface area contributed by atoms with Crippen LogP contribution in [-0.2, 0) is 9.59 Å². The van der Waals surface area contributed by atoms with E-state index in [1.165, 1.54) is 0 Å². The number of aromatic nitrogens is 1. The molecule has 0 saturated carbocycles. The minimum atomic E-state index is -0.363. The van der Waals surface area contributed by atoms with Crippen LogP contribution in [0.15, 0.2) is 18.2 Å². The highest BCUT2D eigenvalue weighted by Crippen LogP contribution is 1.99. The van der Waals surface area contributed by atoms with Crippen molar-refractivity contribution in [3.8, 4) is 0 Å². The number of pyridine rings is 1. The van der Waals surface area contributed by atoms with E-state index in [9.17, 15) is 14.4 Å². The standard InChI is InChI=1S/C10H10N2O3/c1-8-3-2-4-9(11-8)10(15)5-12(6-13)7-14/h2-4,6-7H,5H2,1H3. The first-order chi connectivity index (χ1) is 7.17. The number of imide groups is 1. The molecule has 78 valence electrons. The van der Waals surface area contributed by atoms with Crippen molar-refractivity contribution in [1.82, 2.24) is 9.88 Å². The number of rotatable bonds is 5. The van der Waals surface area contributed by atoms with E-state index in [0.29, 0.717) is 18.5 Å². The molecule has 0 aliphatic heterocycles. The Kier molecular flexibility index (Phi) is 3.68. The zero-order chi connectivity index (χ0) is 11.3. The lowest BCUT2D eigenvalue weighted by molar-refractivity contribution is -0.128. The average molecular weight is 206 g/mol. The van der Waals surface area contributed by atoms with Crippen LogP contribution in [0.4, 0.5) is 0 Å². The summed E-state index contributed by atoms with van der Waals surface area (Å²) in [6.07, 6.45) is 0.612. The third kappa shape index (κ3) is 2.98. The van der Waals surface area contributed by atoms with Gasteiger partial charge in [0.2, 0.25) is 18.6 Å². The van der Waals surface area contributed by atoms with E-state index in [1.54, 1.807) is 25.1 Å². The van der Waals surface area contributed by atoms with Crippen LogP contribution < -0.4 is 0 Å². The van der Waals surface area contributed by atoms with Crippen LogP contribution in [-0.4, -0.2) is 35.0 Å². The second-order valence-corrected chi connectivity index (χ2v) is 2.97. The van der Waals surface area contributed by atoms with Gasteiger partial charge in [0.05, 0.1) is 6.54 Å². The normalized spacial score (nSPS) is 9.40. The van der Waals surface area contributed by atoms with Gasteiger partial charge in [-0.2, -0.15) is 0 Å². The maximum atomic E-state index is 11.5. The minimum Gasteiger partial charge on any atom is -0.290 e. The Labute approximate surface area is 86.7 Å². The fourth-order valence-electron chi connectivity index (χ4n) is 1.04. The molecule has 0 radical (unpaired) electrons. The molecule has 5 heteroatoms. The van der Waals surface area contributed by atoms with Crippen LogP contribution in [0.25, 0.3) is 0 Å². The van der Waals surface area contributed by atoms with Crippen molar-refractivity contribution < 1.29 is 14.4 Å². The largest absolute Gasteiger partial charge is 0.290 e. The number of nitrogens with zero attached hydrogens (tertiary/aromatic N) is 2. The molecule has 15 heavy (non-hydrogen) atoms. The molecule has 1 rings (SSSR count). The summed E-state index contributed by atoms with van der Waals surface area (Å²) in [6.45, 7) is 1.48. The second-order valence-electron chi connectivity index (χ2n) is 2.97. The molecule has 0 fully saturated rings. The predicted octanol–water partition coefficient (Wildman–Crippen LogP) is 0.188. The Morgan fingerprint density at radius 3 is 2.60 bits per heavy atom. The lowest BCUT2D eigenvalue weighted by Crippen LogP contribution is -2.27. The van der Waals surface area contributed by atoms with Crippen molar-refractivity contribution in [3.05, 3.63) is 29.6 Å². The molecule has 0 spiro atoms. The van der Waals surface area contributed by atoms with Crippen molar-refractivity contribution in [3.63, 3.8) is 0 Å². The highest BCUT2D eigenvalue weighted by molar-refractivity contribution is 5.98. The van der Waals surface area contributed by atoms with E-state index in [-0.39, 0.29) is 18.0 Å². The summed E-state index contributed by atoms with van der Waals surface area (Å²) in [5, 5.41) is 0. The van der Waals surface area contributed by atoms with Gasteiger partial charge in [-0.3, -0.25) is 19.3 Å². The highest BCUT2D eigenvalue weighted by Gasteiger charge is 2.11. The van der Waals surface area contributed by atoms with E-state index in [0.717, 1.165) is 4.90 Å². The van der Waals surface area contributed by atoms with E-state index >= 15 is 0 Å². The van der Waals surface area contributed by atoms with Crippen LogP contribution >= 0.6 is 0 Å². The first kappa shape index (κ1) is 11.0. The molecule has 0 saturated heterocycles. The van der Waals surface area contributed by atoms with Crippen LogP contribution in [0.1, 0.15) is 16.2 Å². The van der Waals surface area contributed by atoms with Gasteiger partial charge in [0.1, 0.15) is 5.69 Å². The molecular formula is C10H10N2O3. The zero-order valence-electron chi connectivity index (χ0n) is 8.21. The summed E-state index contributed by atoms with van der Waals surface area (Å²) >= 11 is 0. The van der Waals surface area contributed by atoms with Crippen LogP contribution in [0.2, 0.25) is 0 Å². The Bertz CT molecular complexity index is 382. The second kappa shape index (κ2) is 4.99. The lowest BCUT2D eigenvalue weighted by Gasteiger charge is -2.06. The number of aryl methyl sites for hydroxylation is 1. The van der Waals surface area contributed by atoms with Crippen molar-refractivity contribution in [2.75, 3.05) is 6.54 Å². The molecule has 0 N–H and O–H groups in total. The SMILES string of the molecule is Cc1cccc(C(=O)CN(C=O)C=O)n1. The molecule has 5 nitrogen and oxygen atoms in total. The van der Waals surface area contributed by atoms with Crippen molar-refractivity contribution in [2.24, 2.45) is 0 Å². The molecule has 2 amide bonds. The third-order valence-electron chi connectivity index (χ3n) is 1.77. The van der Waals surface area contributed by atoms with Gasteiger partial charge in [-0.1, -0.05) is 6.07 Å². The number of hydrogen-bond donors (Lipinski definition) is 0. The minimum absolute atomic E-state index is 0.253. The first-order valence-electron chi connectivity index (χ1n) is 4.30. The molecule has 1 aromatic rings. The first-order valence-corrected chi connectivity index (χ1v) is 4.30. The van der Waals surface area contributed by atoms with Gasteiger partial charge in [0, 0.05) is 5.69 Å². The number of amides is 2. The average Bonchev–Trinajstić information content (AvgIpc) is 2.25. The van der Waals surface area contributed by atoms with Crippen molar-refractivity contribution >= 4 is 18.6 Å². The summed E-state index contributed by atoms with van der Waals surface area (Å²) in [4.78, 5) is 36.8. The zero-order valence-corrected chi connectivity index (χ0v) is 8.21. The molecule has 0 aromatic carbocycles. The number of Topliss-reactive ketones (excluding diaryl/α,β-unsaturated/α-hetero) is 1. The molecule has 0 bridgehead atoms. The van der Waals surface area contributed by atoms with Gasteiger partial charge in [0.25, 0.3) is 0 Å². The van der Waals surface area contributed by atoms with Gasteiger partial charge < -0.3 is 0 Å². The molecule has 1 aromatic heterocycles. The van der Waals surface area contributed by atoms with Crippen molar-refractivity contribution in [1.29, 1.82) is 0 Å². The lowest BCUT2D eigenvalue weighted by atomic mass is 10.2. The summed E-state index contributed by atoms with van der Waals surface area (Å²) in [5.74, 6) is -0.363. The smallest absolute Gasteiger partial charge is 0.216 e. The van der Waals surface area contributed by atoms with Gasteiger partial charge >= 0.3 is 0 Å². The predicted molar refractivity (Wildman–Crippen MR) is 52.1 cm³/mol. The van der Waals surface area contributed by atoms with E-state index in [4.69, 9.17) is 0 Å². The quantitative estimate of drug-likeness (QED) is 0.509. The van der Waals surface area contributed by atoms with Gasteiger partial charge in [0.15, 0.2) is 0 Å². The topological polar surface area (TPSA) is 67.3 Å². The fourth-order valence-corrected chi connectivity index (χ4v) is 1.04. The van der Waals surface area contributed by atoms with Crippen LogP contribution in [0.5, 0.6) is 0 Å². The Balaban J connectivity index is 2.77. The maximum Gasteiger partial charge on any atom is 0.216 e. The molecule has 0 unspecified atom stereocenters. The summed E-state index contributed by atoms with van der Waals surface area (Å²) < 4.78 is 0. The molecule has 0 aliphatic carbocycles. The number of ketones is 1. The van der Waals surface area contributed by atoms with Crippen molar-refractivity contribution in [2.45, 2.75) is 6.92 Å². The van der Waals surface area contributed by atoms with Gasteiger partial charge in [-0.05, 0) is 19.1 Å². The Hall–Kier alpha value is -2.04. The van der Waals surface area contributed by atoms with Crippen LogP contribution in [0.3, 0.4) is 0 Å². The maximum absolute atomic E-state index is 11.5. The van der Waals surface area contributed by atoms with E-state index in [1.807, 2.05) is 0 Å². The molecule has 1 heterocycles. The monoisotopic (exact) mass is 206 g/mol. The summed E-state index contributed by atoms with van der Waals surface area (Å²) in [5.41, 5.74) is 0.966. The number of carbonyl (C=O) groups is 3. The fraction of sp³-hybridized carbons (Fsp3) is 0.200.